The smallest absolute Gasteiger partial charge is 0.274 e. The predicted octanol–water partition coefficient (Wildman–Crippen LogP) is 5.21. The Hall–Kier alpha value is -2.63. The zero-order chi connectivity index (χ0) is 18.5. The first-order valence-electron chi connectivity index (χ1n) is 7.94. The van der Waals surface area contributed by atoms with Gasteiger partial charge in [-0.1, -0.05) is 59.6 Å². The van der Waals surface area contributed by atoms with Gasteiger partial charge in [-0.25, -0.2) is 9.97 Å². The fraction of sp³-hybridized carbons (Fsp3) is 0.105. The summed E-state index contributed by atoms with van der Waals surface area (Å²) in [5.74, 6) is -0.0583. The van der Waals surface area contributed by atoms with Crippen LogP contribution in [0.3, 0.4) is 0 Å². The summed E-state index contributed by atoms with van der Waals surface area (Å²) >= 11 is 12.2. The Balaban J connectivity index is 1.75. The van der Waals surface area contributed by atoms with Gasteiger partial charge in [0.25, 0.3) is 5.91 Å². The third-order valence-electron chi connectivity index (χ3n) is 3.73. The summed E-state index contributed by atoms with van der Waals surface area (Å²) in [6.07, 6.45) is 1.52. The second-order valence-corrected chi connectivity index (χ2v) is 6.41. The molecule has 0 fully saturated rings. The van der Waals surface area contributed by atoms with Gasteiger partial charge in [0, 0.05) is 6.20 Å². The summed E-state index contributed by atoms with van der Waals surface area (Å²) < 4.78 is 0. The summed E-state index contributed by atoms with van der Waals surface area (Å²) in [5, 5.41) is 6.59. The van der Waals surface area contributed by atoms with Crippen LogP contribution in [0.25, 0.3) is 0 Å². The van der Waals surface area contributed by atoms with Crippen LogP contribution < -0.4 is 10.6 Å². The highest BCUT2D eigenvalue weighted by molar-refractivity contribution is 6.40. The number of aromatic nitrogens is 2. The molecule has 3 rings (SSSR count). The number of benzene rings is 2. The number of nitrogens with zero attached hydrogens (tertiary/aromatic N) is 2. The van der Waals surface area contributed by atoms with E-state index in [-0.39, 0.29) is 11.7 Å². The Kier molecular flexibility index (Phi) is 5.71. The molecule has 1 amide bonds. The maximum Gasteiger partial charge on any atom is 0.274 e. The Morgan fingerprint density at radius 3 is 2.38 bits per heavy atom. The molecule has 1 aromatic heterocycles. The highest BCUT2D eigenvalue weighted by Crippen LogP contribution is 2.30. The van der Waals surface area contributed by atoms with Gasteiger partial charge in [-0.2, -0.15) is 0 Å². The number of para-hydroxylation sites is 1. The molecule has 0 bridgehead atoms. The molecule has 2 N–H and O–H groups in total. The summed E-state index contributed by atoms with van der Waals surface area (Å²) in [5.41, 5.74) is 1.65. The molecule has 1 heterocycles. The largest absolute Gasteiger partial charge is 0.348 e. The Labute approximate surface area is 161 Å². The molecule has 3 aromatic rings. The Morgan fingerprint density at radius 2 is 1.69 bits per heavy atom. The van der Waals surface area contributed by atoms with E-state index in [1.165, 1.54) is 12.3 Å². The van der Waals surface area contributed by atoms with E-state index < -0.39 is 5.91 Å². The number of nitrogens with one attached hydrogen (secondary N) is 2. The number of rotatable bonds is 5. The Bertz CT molecular complexity index is 898. The van der Waals surface area contributed by atoms with Crippen LogP contribution in [0, 0.1) is 0 Å². The predicted molar refractivity (Wildman–Crippen MR) is 105 cm³/mol. The molecule has 132 valence electrons. The van der Waals surface area contributed by atoms with Crippen molar-refractivity contribution in [3.63, 3.8) is 0 Å². The van der Waals surface area contributed by atoms with Gasteiger partial charge < -0.3 is 10.6 Å². The second-order valence-electron chi connectivity index (χ2n) is 5.59. The molecule has 0 aliphatic carbocycles. The van der Waals surface area contributed by atoms with Crippen LogP contribution in [0.2, 0.25) is 10.0 Å². The molecular weight excluding hydrogens is 371 g/mol. The lowest BCUT2D eigenvalue weighted by Gasteiger charge is -2.14. The summed E-state index contributed by atoms with van der Waals surface area (Å²) in [7, 11) is 0. The minimum Gasteiger partial charge on any atom is -0.348 e. The number of anilines is 2. The molecule has 7 heteroatoms. The molecule has 2 aromatic carbocycles. The van der Waals surface area contributed by atoms with E-state index in [1.807, 2.05) is 37.3 Å². The maximum absolute atomic E-state index is 12.5. The molecule has 1 atom stereocenters. The molecule has 0 radical (unpaired) electrons. The van der Waals surface area contributed by atoms with Crippen LogP contribution in [0.1, 0.15) is 29.0 Å². The van der Waals surface area contributed by atoms with Crippen molar-refractivity contribution in [3.05, 3.63) is 82.1 Å². The van der Waals surface area contributed by atoms with Crippen LogP contribution >= 0.6 is 23.2 Å². The van der Waals surface area contributed by atoms with Gasteiger partial charge in [0.05, 0.1) is 21.8 Å². The normalized spacial score (nSPS) is 11.7. The first-order valence-corrected chi connectivity index (χ1v) is 8.70. The standard InChI is InChI=1S/C19H16Cl2N4O/c1-12(13-6-3-2-4-7-13)23-19-22-11-10-16(24-19)18(26)25-17-14(20)8-5-9-15(17)21/h2-12H,1H3,(H,25,26)(H,22,23,24). The van der Waals surface area contributed by atoms with Gasteiger partial charge in [-0.15, -0.1) is 0 Å². The fourth-order valence-corrected chi connectivity index (χ4v) is 2.86. The molecule has 5 nitrogen and oxygen atoms in total. The van der Waals surface area contributed by atoms with Crippen molar-refractivity contribution >= 4 is 40.7 Å². The molecular formula is C19H16Cl2N4O. The Morgan fingerprint density at radius 1 is 1.00 bits per heavy atom. The van der Waals surface area contributed by atoms with Crippen molar-refractivity contribution in [2.75, 3.05) is 10.6 Å². The van der Waals surface area contributed by atoms with Crippen molar-refractivity contribution in [3.8, 4) is 0 Å². The molecule has 0 spiro atoms. The minimum absolute atomic E-state index is 0.00692. The second kappa shape index (κ2) is 8.17. The van der Waals surface area contributed by atoms with Gasteiger partial charge in [-0.05, 0) is 30.7 Å². The van der Waals surface area contributed by atoms with Crippen LogP contribution in [0.4, 0.5) is 11.6 Å². The van der Waals surface area contributed by atoms with Gasteiger partial charge in [0.2, 0.25) is 5.95 Å². The highest BCUT2D eigenvalue weighted by Gasteiger charge is 2.14. The zero-order valence-electron chi connectivity index (χ0n) is 13.9. The average molecular weight is 387 g/mol. The van der Waals surface area contributed by atoms with E-state index in [9.17, 15) is 4.79 Å². The maximum atomic E-state index is 12.5. The van der Waals surface area contributed by atoms with E-state index >= 15 is 0 Å². The summed E-state index contributed by atoms with van der Waals surface area (Å²) in [6.45, 7) is 1.99. The third-order valence-corrected chi connectivity index (χ3v) is 4.36. The molecule has 0 saturated heterocycles. The lowest BCUT2D eigenvalue weighted by Crippen LogP contribution is -2.16. The molecule has 0 saturated carbocycles. The SMILES string of the molecule is CC(Nc1nccc(C(=O)Nc2c(Cl)cccc2Cl)n1)c1ccccc1. The summed E-state index contributed by atoms with van der Waals surface area (Å²) in [6, 6.07) is 16.4. The van der Waals surface area contributed by atoms with Crippen molar-refractivity contribution in [2.24, 2.45) is 0 Å². The number of carbonyl (C=O) groups is 1. The minimum atomic E-state index is -0.419. The lowest BCUT2D eigenvalue weighted by molar-refractivity contribution is 0.102. The van der Waals surface area contributed by atoms with Crippen molar-refractivity contribution in [2.45, 2.75) is 13.0 Å². The van der Waals surface area contributed by atoms with Crippen LogP contribution in [-0.4, -0.2) is 15.9 Å². The van der Waals surface area contributed by atoms with Gasteiger partial charge in [-0.3, -0.25) is 4.79 Å². The van der Waals surface area contributed by atoms with Gasteiger partial charge in [0.1, 0.15) is 5.69 Å². The van der Waals surface area contributed by atoms with Gasteiger partial charge >= 0.3 is 0 Å². The van der Waals surface area contributed by atoms with Crippen molar-refractivity contribution < 1.29 is 4.79 Å². The van der Waals surface area contributed by atoms with Crippen LogP contribution in [0.5, 0.6) is 0 Å². The molecule has 1 unspecified atom stereocenters. The number of amides is 1. The molecule has 0 aliphatic heterocycles. The zero-order valence-corrected chi connectivity index (χ0v) is 15.4. The third kappa shape index (κ3) is 4.31. The van der Waals surface area contributed by atoms with E-state index in [1.54, 1.807) is 18.2 Å². The van der Waals surface area contributed by atoms with E-state index in [2.05, 4.69) is 20.6 Å². The van der Waals surface area contributed by atoms with E-state index in [0.29, 0.717) is 21.7 Å². The first-order chi connectivity index (χ1) is 12.5. The van der Waals surface area contributed by atoms with Gasteiger partial charge in [0.15, 0.2) is 0 Å². The average Bonchev–Trinajstić information content (AvgIpc) is 2.65. The fourth-order valence-electron chi connectivity index (χ4n) is 2.37. The topological polar surface area (TPSA) is 66.9 Å². The monoisotopic (exact) mass is 386 g/mol. The lowest BCUT2D eigenvalue weighted by atomic mass is 10.1. The summed E-state index contributed by atoms with van der Waals surface area (Å²) in [4.78, 5) is 20.9. The number of hydrogen-bond donors (Lipinski definition) is 2. The van der Waals surface area contributed by atoms with Crippen molar-refractivity contribution in [1.29, 1.82) is 0 Å². The van der Waals surface area contributed by atoms with Crippen LogP contribution in [-0.2, 0) is 0 Å². The van der Waals surface area contributed by atoms with Crippen LogP contribution in [0.15, 0.2) is 60.8 Å². The number of carbonyl (C=O) groups excluding carboxylic acids is 1. The molecule has 26 heavy (non-hydrogen) atoms. The number of halogens is 2. The highest BCUT2D eigenvalue weighted by atomic mass is 35.5. The number of hydrogen-bond acceptors (Lipinski definition) is 4. The quantitative estimate of drug-likeness (QED) is 0.631. The van der Waals surface area contributed by atoms with E-state index in [4.69, 9.17) is 23.2 Å². The van der Waals surface area contributed by atoms with E-state index in [0.717, 1.165) is 5.56 Å². The first kappa shape index (κ1) is 18.2. The van der Waals surface area contributed by atoms with Crippen molar-refractivity contribution in [1.82, 2.24) is 9.97 Å². The molecule has 0 aliphatic rings.